The maximum absolute atomic E-state index is 11.8. The minimum Gasteiger partial charge on any atom is -0.464 e. The van der Waals surface area contributed by atoms with Gasteiger partial charge in [-0.2, -0.15) is 10.2 Å². The van der Waals surface area contributed by atoms with Crippen LogP contribution in [0.4, 0.5) is 0 Å². The van der Waals surface area contributed by atoms with Gasteiger partial charge in [-0.15, -0.1) is 0 Å². The topological polar surface area (TPSA) is 106 Å². The Balaban J connectivity index is 1.54. The van der Waals surface area contributed by atoms with Crippen LogP contribution >= 0.6 is 0 Å². The first-order valence-corrected chi connectivity index (χ1v) is 6.62. The summed E-state index contributed by atoms with van der Waals surface area (Å²) in [5.41, 5.74) is 0.688. The minimum absolute atomic E-state index is 0.163. The molecule has 3 heterocycles. The van der Waals surface area contributed by atoms with Crippen LogP contribution in [0.3, 0.4) is 0 Å². The molecule has 8 nitrogen and oxygen atoms in total. The summed E-state index contributed by atoms with van der Waals surface area (Å²) >= 11 is 0. The van der Waals surface area contributed by atoms with Crippen molar-refractivity contribution in [1.29, 1.82) is 0 Å². The number of carbonyl (C=O) groups is 1. The molecule has 0 aliphatic heterocycles. The second kappa shape index (κ2) is 6.08. The third-order valence-corrected chi connectivity index (χ3v) is 2.98. The van der Waals surface area contributed by atoms with Gasteiger partial charge < -0.3 is 9.73 Å². The summed E-state index contributed by atoms with van der Waals surface area (Å²) < 4.78 is 6.99. The molecule has 0 aliphatic rings. The van der Waals surface area contributed by atoms with E-state index in [9.17, 15) is 9.59 Å². The number of H-pyrrole nitrogens is 1. The second-order valence-electron chi connectivity index (χ2n) is 4.53. The molecule has 0 radical (unpaired) electrons. The van der Waals surface area contributed by atoms with Crippen LogP contribution in [0.2, 0.25) is 0 Å². The number of aromatic amines is 1. The lowest BCUT2D eigenvalue weighted by atomic mass is 10.3. The van der Waals surface area contributed by atoms with Crippen LogP contribution in [-0.4, -0.2) is 32.4 Å². The van der Waals surface area contributed by atoms with Gasteiger partial charge in [-0.3, -0.25) is 14.3 Å². The lowest BCUT2D eigenvalue weighted by Gasteiger charge is -2.04. The molecular weight excluding hydrogens is 286 g/mol. The van der Waals surface area contributed by atoms with Gasteiger partial charge in [-0.25, -0.2) is 5.10 Å². The van der Waals surface area contributed by atoms with E-state index in [0.29, 0.717) is 13.1 Å². The molecule has 0 saturated carbocycles. The maximum Gasteiger partial charge on any atom is 0.271 e. The molecule has 0 spiro atoms. The Hall–Kier alpha value is -3.16. The fourth-order valence-electron chi connectivity index (χ4n) is 1.90. The first kappa shape index (κ1) is 13.8. The summed E-state index contributed by atoms with van der Waals surface area (Å²) in [6.07, 6.45) is 5.14. The van der Waals surface area contributed by atoms with E-state index in [2.05, 4.69) is 20.6 Å². The number of nitrogens with zero attached hydrogens (tertiary/aromatic N) is 3. The van der Waals surface area contributed by atoms with Crippen LogP contribution in [0.15, 0.2) is 52.1 Å². The van der Waals surface area contributed by atoms with Gasteiger partial charge in [0.2, 0.25) is 0 Å². The van der Waals surface area contributed by atoms with Gasteiger partial charge in [0.25, 0.3) is 11.5 Å². The van der Waals surface area contributed by atoms with E-state index in [4.69, 9.17) is 4.42 Å². The number of hydrogen-bond donors (Lipinski definition) is 2. The van der Waals surface area contributed by atoms with Gasteiger partial charge in [-0.1, -0.05) is 0 Å². The molecule has 0 aliphatic carbocycles. The third kappa shape index (κ3) is 3.11. The molecule has 112 valence electrons. The Labute approximate surface area is 124 Å². The van der Waals surface area contributed by atoms with E-state index in [0.717, 1.165) is 11.3 Å². The van der Waals surface area contributed by atoms with E-state index < -0.39 is 0 Å². The largest absolute Gasteiger partial charge is 0.464 e. The molecule has 3 rings (SSSR count). The number of rotatable bonds is 5. The SMILES string of the molecule is O=C(NCCn1cc(-c2ccco2)cn1)c1ccc(=O)[nH]n1. The van der Waals surface area contributed by atoms with Crippen molar-refractivity contribution in [3.8, 4) is 11.3 Å². The zero-order valence-electron chi connectivity index (χ0n) is 11.5. The molecule has 8 heteroatoms. The summed E-state index contributed by atoms with van der Waals surface area (Å²) in [6, 6.07) is 6.29. The van der Waals surface area contributed by atoms with Crippen molar-refractivity contribution >= 4 is 5.91 Å². The quantitative estimate of drug-likeness (QED) is 0.719. The molecule has 0 saturated heterocycles. The zero-order chi connectivity index (χ0) is 15.4. The lowest BCUT2D eigenvalue weighted by molar-refractivity contribution is 0.0946. The van der Waals surface area contributed by atoms with E-state index in [1.54, 1.807) is 17.1 Å². The number of furan rings is 1. The first-order chi connectivity index (χ1) is 10.7. The third-order valence-electron chi connectivity index (χ3n) is 2.98. The summed E-state index contributed by atoms with van der Waals surface area (Å²) in [4.78, 5) is 22.7. The van der Waals surface area contributed by atoms with Gasteiger partial charge in [0, 0.05) is 18.8 Å². The van der Waals surface area contributed by atoms with Gasteiger partial charge >= 0.3 is 0 Å². The van der Waals surface area contributed by atoms with E-state index >= 15 is 0 Å². The fraction of sp³-hybridized carbons (Fsp3) is 0.143. The van der Waals surface area contributed by atoms with Crippen molar-refractivity contribution in [3.05, 3.63) is 59.0 Å². The summed E-state index contributed by atoms with van der Waals surface area (Å²) in [7, 11) is 0. The van der Waals surface area contributed by atoms with Crippen LogP contribution < -0.4 is 10.9 Å². The number of nitrogens with one attached hydrogen (secondary N) is 2. The van der Waals surface area contributed by atoms with Crippen molar-refractivity contribution < 1.29 is 9.21 Å². The standard InChI is InChI=1S/C14H13N5O3/c20-13-4-3-11(17-18-13)14(21)15-5-6-19-9-10(8-16-19)12-2-1-7-22-12/h1-4,7-9H,5-6H2,(H,15,21)(H,18,20). The normalized spacial score (nSPS) is 10.5. The highest BCUT2D eigenvalue weighted by Crippen LogP contribution is 2.18. The zero-order valence-corrected chi connectivity index (χ0v) is 11.5. The Morgan fingerprint density at radius 1 is 1.36 bits per heavy atom. The molecule has 3 aromatic heterocycles. The smallest absolute Gasteiger partial charge is 0.271 e. The highest BCUT2D eigenvalue weighted by molar-refractivity contribution is 5.91. The number of aromatic nitrogens is 4. The van der Waals surface area contributed by atoms with Crippen molar-refractivity contribution in [3.63, 3.8) is 0 Å². The van der Waals surface area contributed by atoms with Crippen LogP contribution in [0.25, 0.3) is 11.3 Å². The molecule has 0 unspecified atom stereocenters. The number of carbonyl (C=O) groups excluding carboxylic acids is 1. The molecule has 1 amide bonds. The lowest BCUT2D eigenvalue weighted by Crippen LogP contribution is -2.29. The van der Waals surface area contributed by atoms with Gasteiger partial charge in [0.15, 0.2) is 0 Å². The van der Waals surface area contributed by atoms with Crippen molar-refractivity contribution in [2.24, 2.45) is 0 Å². The predicted octanol–water partition coefficient (Wildman–Crippen LogP) is 0.656. The second-order valence-corrected chi connectivity index (χ2v) is 4.53. The number of amides is 1. The predicted molar refractivity (Wildman–Crippen MR) is 77.1 cm³/mol. The Kier molecular flexibility index (Phi) is 3.82. The van der Waals surface area contributed by atoms with E-state index in [1.807, 2.05) is 18.3 Å². The average Bonchev–Trinajstić information content (AvgIpc) is 3.19. The monoisotopic (exact) mass is 299 g/mol. The molecule has 3 aromatic rings. The van der Waals surface area contributed by atoms with Crippen molar-refractivity contribution in [2.45, 2.75) is 6.54 Å². The van der Waals surface area contributed by atoms with Gasteiger partial charge in [-0.05, 0) is 18.2 Å². The van der Waals surface area contributed by atoms with Gasteiger partial charge in [0.05, 0.1) is 24.6 Å². The molecule has 0 bridgehead atoms. The first-order valence-electron chi connectivity index (χ1n) is 6.62. The molecule has 0 aromatic carbocycles. The summed E-state index contributed by atoms with van der Waals surface area (Å²) in [5.74, 6) is 0.391. The molecule has 22 heavy (non-hydrogen) atoms. The minimum atomic E-state index is -0.352. The van der Waals surface area contributed by atoms with Crippen molar-refractivity contribution in [2.75, 3.05) is 6.54 Å². The Bertz CT molecular complexity index is 799. The van der Waals surface area contributed by atoms with Crippen LogP contribution in [0.5, 0.6) is 0 Å². The Morgan fingerprint density at radius 3 is 3.00 bits per heavy atom. The Morgan fingerprint density at radius 2 is 2.27 bits per heavy atom. The van der Waals surface area contributed by atoms with Crippen LogP contribution in [0, 0.1) is 0 Å². The van der Waals surface area contributed by atoms with Crippen molar-refractivity contribution in [1.82, 2.24) is 25.3 Å². The summed E-state index contributed by atoms with van der Waals surface area (Å²) in [6.45, 7) is 0.898. The maximum atomic E-state index is 11.8. The van der Waals surface area contributed by atoms with Crippen LogP contribution in [-0.2, 0) is 6.54 Å². The average molecular weight is 299 g/mol. The highest BCUT2D eigenvalue weighted by Gasteiger charge is 2.07. The van der Waals surface area contributed by atoms with E-state index in [1.165, 1.54) is 12.1 Å². The molecule has 2 N–H and O–H groups in total. The molecular formula is C14H13N5O3. The van der Waals surface area contributed by atoms with Crippen LogP contribution in [0.1, 0.15) is 10.5 Å². The number of hydrogen-bond acceptors (Lipinski definition) is 5. The van der Waals surface area contributed by atoms with E-state index in [-0.39, 0.29) is 17.2 Å². The molecule has 0 atom stereocenters. The molecule has 0 fully saturated rings. The fourth-order valence-corrected chi connectivity index (χ4v) is 1.90. The summed E-state index contributed by atoms with van der Waals surface area (Å²) in [5, 5.41) is 12.8. The highest BCUT2D eigenvalue weighted by atomic mass is 16.3. The van der Waals surface area contributed by atoms with Gasteiger partial charge in [0.1, 0.15) is 11.5 Å².